The Hall–Kier alpha value is -2.68. The van der Waals surface area contributed by atoms with E-state index in [1.165, 1.54) is 9.25 Å². The van der Waals surface area contributed by atoms with Gasteiger partial charge in [-0.2, -0.15) is 10.4 Å². The normalized spacial score (nSPS) is 20.4. The maximum atomic E-state index is 14.5. The SMILES string of the molecule is C=C(C#N)CC(C)n1nc2n(c1=O)C(c1ccccc1C)CC2F. The molecule has 2 aromatic rings. The lowest BCUT2D eigenvalue weighted by Crippen LogP contribution is -2.29. The fourth-order valence-corrected chi connectivity index (χ4v) is 3.33. The number of halogens is 1. The summed E-state index contributed by atoms with van der Waals surface area (Å²) in [5, 5.41) is 13.1. The topological polar surface area (TPSA) is 63.6 Å². The molecule has 0 amide bonds. The number of aromatic nitrogens is 3. The second-order valence-corrected chi connectivity index (χ2v) is 6.30. The highest BCUT2D eigenvalue weighted by molar-refractivity contribution is 5.31. The van der Waals surface area contributed by atoms with E-state index in [0.29, 0.717) is 12.0 Å². The summed E-state index contributed by atoms with van der Waals surface area (Å²) in [5.41, 5.74) is 1.99. The lowest BCUT2D eigenvalue weighted by molar-refractivity contribution is 0.318. The van der Waals surface area contributed by atoms with E-state index < -0.39 is 6.17 Å². The molecule has 124 valence electrons. The van der Waals surface area contributed by atoms with E-state index in [1.54, 1.807) is 6.92 Å². The van der Waals surface area contributed by atoms with Gasteiger partial charge in [0, 0.05) is 18.4 Å². The molecule has 0 saturated carbocycles. The molecule has 0 N–H and O–H groups in total. The molecule has 0 radical (unpaired) electrons. The first kappa shape index (κ1) is 16.2. The Morgan fingerprint density at radius 1 is 1.54 bits per heavy atom. The van der Waals surface area contributed by atoms with Crippen LogP contribution < -0.4 is 5.69 Å². The monoisotopic (exact) mass is 326 g/mol. The molecule has 1 aliphatic heterocycles. The molecule has 0 aliphatic carbocycles. The first-order valence-corrected chi connectivity index (χ1v) is 7.92. The highest BCUT2D eigenvalue weighted by atomic mass is 19.1. The van der Waals surface area contributed by atoms with Gasteiger partial charge in [-0.1, -0.05) is 30.8 Å². The van der Waals surface area contributed by atoms with Gasteiger partial charge in [-0.05, 0) is 25.0 Å². The Labute approximate surface area is 139 Å². The van der Waals surface area contributed by atoms with Gasteiger partial charge in [0.25, 0.3) is 0 Å². The Kier molecular flexibility index (Phi) is 4.10. The highest BCUT2D eigenvalue weighted by Crippen LogP contribution is 2.39. The van der Waals surface area contributed by atoms with Gasteiger partial charge in [-0.25, -0.2) is 13.9 Å². The van der Waals surface area contributed by atoms with Crippen molar-refractivity contribution in [2.75, 3.05) is 0 Å². The number of benzene rings is 1. The summed E-state index contributed by atoms with van der Waals surface area (Å²) in [5.74, 6) is 0.169. The zero-order valence-corrected chi connectivity index (χ0v) is 13.7. The van der Waals surface area contributed by atoms with Crippen LogP contribution in [0.1, 0.15) is 55.0 Å². The summed E-state index contributed by atoms with van der Waals surface area (Å²) in [6.45, 7) is 7.37. The molecule has 3 atom stereocenters. The van der Waals surface area contributed by atoms with Crippen molar-refractivity contribution < 1.29 is 4.39 Å². The molecule has 0 fully saturated rings. The molecule has 5 nitrogen and oxygen atoms in total. The summed E-state index contributed by atoms with van der Waals surface area (Å²) < 4.78 is 17.2. The molecule has 0 spiro atoms. The van der Waals surface area contributed by atoms with E-state index in [4.69, 9.17) is 5.26 Å². The van der Waals surface area contributed by atoms with E-state index in [-0.39, 0.29) is 30.0 Å². The van der Waals surface area contributed by atoms with Crippen LogP contribution in [0.3, 0.4) is 0 Å². The number of alkyl halides is 1. The Morgan fingerprint density at radius 3 is 2.92 bits per heavy atom. The number of aryl methyl sites for hydroxylation is 1. The average Bonchev–Trinajstić information content (AvgIpc) is 3.06. The smallest absolute Gasteiger partial charge is 0.269 e. The lowest BCUT2D eigenvalue weighted by atomic mass is 9.99. The van der Waals surface area contributed by atoms with Crippen LogP contribution in [0.25, 0.3) is 0 Å². The van der Waals surface area contributed by atoms with Crippen LogP contribution in [-0.2, 0) is 0 Å². The zero-order chi connectivity index (χ0) is 17.4. The molecule has 3 rings (SSSR count). The minimum atomic E-state index is -1.27. The largest absolute Gasteiger partial charge is 0.346 e. The van der Waals surface area contributed by atoms with Crippen molar-refractivity contribution in [2.45, 2.75) is 44.9 Å². The number of nitriles is 1. The molecular formula is C18H19FN4O. The maximum absolute atomic E-state index is 14.5. The standard InChI is InChI=1S/C18H19FN4O/c1-11(10-20)8-13(3)23-18(24)22-16(9-15(19)17(22)21-23)14-7-5-4-6-12(14)2/h4-7,13,15-16H,1,8-9H2,2-3H3. The van der Waals surface area contributed by atoms with Crippen molar-refractivity contribution in [2.24, 2.45) is 0 Å². The van der Waals surface area contributed by atoms with E-state index in [9.17, 15) is 9.18 Å². The summed E-state index contributed by atoms with van der Waals surface area (Å²) in [6, 6.07) is 8.97. The number of fused-ring (bicyclic) bond motifs is 1. The molecule has 1 aromatic carbocycles. The van der Waals surface area contributed by atoms with Gasteiger partial charge in [-0.15, -0.1) is 0 Å². The minimum Gasteiger partial charge on any atom is -0.269 e. The molecule has 2 heterocycles. The molecule has 1 aliphatic rings. The Bertz CT molecular complexity index is 889. The average molecular weight is 326 g/mol. The maximum Gasteiger partial charge on any atom is 0.346 e. The molecular weight excluding hydrogens is 307 g/mol. The van der Waals surface area contributed by atoms with Crippen LogP contribution in [0.15, 0.2) is 41.2 Å². The molecule has 0 saturated heterocycles. The van der Waals surface area contributed by atoms with Crippen LogP contribution in [-0.4, -0.2) is 14.3 Å². The molecule has 6 heteroatoms. The third-order valence-electron chi connectivity index (χ3n) is 4.55. The van der Waals surface area contributed by atoms with Crippen LogP contribution >= 0.6 is 0 Å². The number of nitrogens with zero attached hydrogens (tertiary/aromatic N) is 4. The second-order valence-electron chi connectivity index (χ2n) is 6.30. The second kappa shape index (κ2) is 6.08. The quantitative estimate of drug-likeness (QED) is 0.809. The van der Waals surface area contributed by atoms with Crippen molar-refractivity contribution in [1.82, 2.24) is 14.3 Å². The van der Waals surface area contributed by atoms with Gasteiger partial charge < -0.3 is 0 Å². The minimum absolute atomic E-state index is 0.169. The first-order valence-electron chi connectivity index (χ1n) is 7.92. The van der Waals surface area contributed by atoms with Crippen LogP contribution in [0.2, 0.25) is 0 Å². The van der Waals surface area contributed by atoms with Crippen molar-refractivity contribution in [1.29, 1.82) is 5.26 Å². The summed E-state index contributed by atoms with van der Waals surface area (Å²) >= 11 is 0. The van der Waals surface area contributed by atoms with Crippen molar-refractivity contribution >= 4 is 0 Å². The van der Waals surface area contributed by atoms with Crippen molar-refractivity contribution in [3.8, 4) is 6.07 Å². The number of hydrogen-bond acceptors (Lipinski definition) is 3. The summed E-state index contributed by atoms with van der Waals surface area (Å²) in [7, 11) is 0. The predicted octanol–water partition coefficient (Wildman–Crippen LogP) is 3.39. The van der Waals surface area contributed by atoms with Crippen LogP contribution in [0.4, 0.5) is 4.39 Å². The first-order chi connectivity index (χ1) is 11.4. The summed E-state index contributed by atoms with van der Waals surface area (Å²) in [4.78, 5) is 12.8. The van der Waals surface area contributed by atoms with Gasteiger partial charge in [-0.3, -0.25) is 4.57 Å². The van der Waals surface area contributed by atoms with Gasteiger partial charge >= 0.3 is 5.69 Å². The molecule has 1 aromatic heterocycles. The third-order valence-corrected chi connectivity index (χ3v) is 4.55. The van der Waals surface area contributed by atoms with Crippen LogP contribution in [0, 0.1) is 18.3 Å². The Balaban J connectivity index is 2.04. The van der Waals surface area contributed by atoms with Crippen molar-refractivity contribution in [3.05, 3.63) is 63.9 Å². The van der Waals surface area contributed by atoms with Gasteiger partial charge in [0.1, 0.15) is 0 Å². The fraction of sp³-hybridized carbons (Fsp3) is 0.389. The number of allylic oxidation sites excluding steroid dienone is 1. The van der Waals surface area contributed by atoms with Gasteiger partial charge in [0.05, 0.1) is 18.2 Å². The van der Waals surface area contributed by atoms with E-state index in [1.807, 2.05) is 37.3 Å². The zero-order valence-electron chi connectivity index (χ0n) is 13.7. The molecule has 3 unspecified atom stereocenters. The fourth-order valence-electron chi connectivity index (χ4n) is 3.33. The van der Waals surface area contributed by atoms with E-state index in [0.717, 1.165) is 11.1 Å². The Morgan fingerprint density at radius 2 is 2.25 bits per heavy atom. The van der Waals surface area contributed by atoms with Crippen molar-refractivity contribution in [3.63, 3.8) is 0 Å². The van der Waals surface area contributed by atoms with E-state index in [2.05, 4.69) is 11.7 Å². The number of hydrogen-bond donors (Lipinski definition) is 0. The highest BCUT2D eigenvalue weighted by Gasteiger charge is 2.37. The number of rotatable bonds is 4. The van der Waals surface area contributed by atoms with Gasteiger partial charge in [0.2, 0.25) is 0 Å². The van der Waals surface area contributed by atoms with Gasteiger partial charge in [0.15, 0.2) is 12.0 Å². The molecule has 24 heavy (non-hydrogen) atoms. The molecule has 0 bridgehead atoms. The predicted molar refractivity (Wildman–Crippen MR) is 88.4 cm³/mol. The van der Waals surface area contributed by atoms with E-state index >= 15 is 0 Å². The van der Waals surface area contributed by atoms with Crippen LogP contribution in [0.5, 0.6) is 0 Å². The third kappa shape index (κ3) is 2.56. The summed E-state index contributed by atoms with van der Waals surface area (Å²) in [6.07, 6.45) is -0.726. The lowest BCUT2D eigenvalue weighted by Gasteiger charge is -2.15.